The summed E-state index contributed by atoms with van der Waals surface area (Å²) in [6.45, 7) is 4.51. The van der Waals surface area contributed by atoms with Crippen LogP contribution in [-0.2, 0) is 11.3 Å². The molecule has 1 saturated heterocycles. The van der Waals surface area contributed by atoms with Gasteiger partial charge in [0.05, 0.1) is 23.9 Å². The van der Waals surface area contributed by atoms with Crippen LogP contribution >= 0.6 is 22.9 Å². The Kier molecular flexibility index (Phi) is 4.13. The van der Waals surface area contributed by atoms with Gasteiger partial charge in [-0.2, -0.15) is 0 Å². The lowest BCUT2D eigenvalue weighted by Gasteiger charge is -2.25. The van der Waals surface area contributed by atoms with Crippen molar-refractivity contribution >= 4 is 22.9 Å². The Bertz CT molecular complexity index is 552. The average Bonchev–Trinajstić information content (AvgIpc) is 2.89. The highest BCUT2D eigenvalue weighted by molar-refractivity contribution is 7.13. The van der Waals surface area contributed by atoms with E-state index in [1.807, 2.05) is 24.3 Å². The first kappa shape index (κ1) is 13.1. The summed E-state index contributed by atoms with van der Waals surface area (Å²) in [6.07, 6.45) is 0. The minimum absolute atomic E-state index is 0.759. The van der Waals surface area contributed by atoms with Crippen LogP contribution in [0.25, 0.3) is 10.6 Å². The van der Waals surface area contributed by atoms with Crippen LogP contribution in [0.2, 0.25) is 5.02 Å². The van der Waals surface area contributed by atoms with Crippen LogP contribution in [-0.4, -0.2) is 36.2 Å². The summed E-state index contributed by atoms with van der Waals surface area (Å²) in [7, 11) is 0. The van der Waals surface area contributed by atoms with Crippen molar-refractivity contribution in [2.45, 2.75) is 6.54 Å². The number of ether oxygens (including phenoxy) is 1. The Morgan fingerprint density at radius 2 is 2.05 bits per heavy atom. The van der Waals surface area contributed by atoms with Crippen LogP contribution in [0.5, 0.6) is 0 Å². The zero-order chi connectivity index (χ0) is 13.1. The lowest BCUT2D eigenvalue weighted by molar-refractivity contribution is 0.0337. The number of morpholine rings is 1. The third-order valence-corrected chi connectivity index (χ3v) is 4.40. The van der Waals surface area contributed by atoms with Gasteiger partial charge in [-0.15, -0.1) is 11.3 Å². The van der Waals surface area contributed by atoms with Crippen molar-refractivity contribution in [1.29, 1.82) is 0 Å². The predicted octanol–water partition coefficient (Wildman–Crippen LogP) is 3.30. The Labute approximate surface area is 121 Å². The maximum Gasteiger partial charge on any atom is 0.125 e. The molecule has 0 radical (unpaired) electrons. The largest absolute Gasteiger partial charge is 0.379 e. The quantitative estimate of drug-likeness (QED) is 0.868. The monoisotopic (exact) mass is 294 g/mol. The van der Waals surface area contributed by atoms with Gasteiger partial charge in [0.15, 0.2) is 0 Å². The molecule has 0 unspecified atom stereocenters. The molecular weight excluding hydrogens is 280 g/mol. The van der Waals surface area contributed by atoms with Crippen LogP contribution in [0.15, 0.2) is 29.6 Å². The molecule has 100 valence electrons. The van der Waals surface area contributed by atoms with E-state index in [0.717, 1.165) is 54.1 Å². The topological polar surface area (TPSA) is 25.4 Å². The average molecular weight is 295 g/mol. The van der Waals surface area contributed by atoms with Gasteiger partial charge in [-0.3, -0.25) is 4.90 Å². The lowest BCUT2D eigenvalue weighted by atomic mass is 10.2. The zero-order valence-electron chi connectivity index (χ0n) is 10.5. The molecule has 0 spiro atoms. The van der Waals surface area contributed by atoms with Crippen LogP contribution in [0.3, 0.4) is 0 Å². The molecular formula is C14H15ClN2OS. The van der Waals surface area contributed by atoms with Gasteiger partial charge in [0.25, 0.3) is 0 Å². The number of hydrogen-bond donors (Lipinski definition) is 0. The number of benzene rings is 1. The number of aromatic nitrogens is 1. The van der Waals surface area contributed by atoms with Gasteiger partial charge in [-0.25, -0.2) is 4.98 Å². The minimum atomic E-state index is 0.759. The lowest BCUT2D eigenvalue weighted by Crippen LogP contribution is -2.35. The van der Waals surface area contributed by atoms with Gasteiger partial charge < -0.3 is 4.74 Å². The first-order valence-corrected chi connectivity index (χ1v) is 7.58. The van der Waals surface area contributed by atoms with Crippen molar-refractivity contribution in [2.24, 2.45) is 0 Å². The second-order valence-electron chi connectivity index (χ2n) is 4.51. The maximum atomic E-state index is 6.20. The molecule has 0 aliphatic carbocycles. The van der Waals surface area contributed by atoms with Crippen LogP contribution in [0, 0.1) is 0 Å². The molecule has 1 aliphatic rings. The normalized spacial score (nSPS) is 16.7. The van der Waals surface area contributed by atoms with Gasteiger partial charge in [0.1, 0.15) is 5.01 Å². The molecule has 0 amide bonds. The van der Waals surface area contributed by atoms with Crippen molar-refractivity contribution in [3.05, 3.63) is 40.4 Å². The Balaban J connectivity index is 1.74. The highest BCUT2D eigenvalue weighted by atomic mass is 35.5. The van der Waals surface area contributed by atoms with E-state index in [4.69, 9.17) is 16.3 Å². The standard InChI is InChI=1S/C14H15ClN2OS/c15-13-4-2-1-3-12(13)14-16-11(10-19-14)9-17-5-7-18-8-6-17/h1-4,10H,5-9H2. The number of halogens is 1. The molecule has 2 aromatic rings. The van der Waals surface area contributed by atoms with Crippen molar-refractivity contribution < 1.29 is 4.74 Å². The van der Waals surface area contributed by atoms with E-state index in [9.17, 15) is 0 Å². The summed E-state index contributed by atoms with van der Waals surface area (Å²) in [6, 6.07) is 7.85. The molecule has 0 bridgehead atoms. The van der Waals surface area contributed by atoms with E-state index in [-0.39, 0.29) is 0 Å². The first-order chi connectivity index (χ1) is 9.33. The molecule has 2 heterocycles. The molecule has 1 aliphatic heterocycles. The van der Waals surface area contributed by atoms with Gasteiger partial charge >= 0.3 is 0 Å². The van der Waals surface area contributed by atoms with E-state index in [1.54, 1.807) is 11.3 Å². The smallest absolute Gasteiger partial charge is 0.125 e. The van der Waals surface area contributed by atoms with Gasteiger partial charge in [0, 0.05) is 30.6 Å². The fourth-order valence-corrected chi connectivity index (χ4v) is 3.26. The van der Waals surface area contributed by atoms with E-state index < -0.39 is 0 Å². The fraction of sp³-hybridized carbons (Fsp3) is 0.357. The van der Waals surface area contributed by atoms with Gasteiger partial charge in [0.2, 0.25) is 0 Å². The summed E-state index contributed by atoms with van der Waals surface area (Å²) >= 11 is 7.85. The highest BCUT2D eigenvalue weighted by Gasteiger charge is 2.13. The summed E-state index contributed by atoms with van der Waals surface area (Å²) in [5.41, 5.74) is 2.13. The second-order valence-corrected chi connectivity index (χ2v) is 5.78. The van der Waals surface area contributed by atoms with Crippen molar-refractivity contribution in [2.75, 3.05) is 26.3 Å². The molecule has 1 aromatic carbocycles. The summed E-state index contributed by atoms with van der Waals surface area (Å²) < 4.78 is 5.35. The SMILES string of the molecule is Clc1ccccc1-c1nc(CN2CCOCC2)cs1. The third-order valence-electron chi connectivity index (χ3n) is 3.15. The van der Waals surface area contributed by atoms with Crippen molar-refractivity contribution in [1.82, 2.24) is 9.88 Å². The number of thiazole rings is 1. The first-order valence-electron chi connectivity index (χ1n) is 6.32. The Morgan fingerprint density at radius 3 is 2.84 bits per heavy atom. The molecule has 1 fully saturated rings. The maximum absolute atomic E-state index is 6.20. The molecule has 0 atom stereocenters. The van der Waals surface area contributed by atoms with E-state index >= 15 is 0 Å². The molecule has 5 heteroatoms. The Morgan fingerprint density at radius 1 is 1.26 bits per heavy atom. The molecule has 3 nitrogen and oxygen atoms in total. The predicted molar refractivity (Wildman–Crippen MR) is 78.7 cm³/mol. The number of nitrogens with zero attached hydrogens (tertiary/aromatic N) is 2. The Hall–Kier alpha value is -0.940. The van der Waals surface area contributed by atoms with Gasteiger partial charge in [-0.05, 0) is 6.07 Å². The molecule has 19 heavy (non-hydrogen) atoms. The fourth-order valence-electron chi connectivity index (χ4n) is 2.13. The second kappa shape index (κ2) is 6.01. The summed E-state index contributed by atoms with van der Waals surface area (Å²) in [5.74, 6) is 0. The summed E-state index contributed by atoms with van der Waals surface area (Å²) in [5, 5.41) is 3.87. The summed E-state index contributed by atoms with van der Waals surface area (Å²) in [4.78, 5) is 7.06. The van der Waals surface area contributed by atoms with Crippen LogP contribution < -0.4 is 0 Å². The van der Waals surface area contributed by atoms with E-state index in [0.29, 0.717) is 0 Å². The third kappa shape index (κ3) is 3.15. The number of hydrogen-bond acceptors (Lipinski definition) is 4. The highest BCUT2D eigenvalue weighted by Crippen LogP contribution is 2.30. The van der Waals surface area contributed by atoms with Crippen LogP contribution in [0.1, 0.15) is 5.69 Å². The van der Waals surface area contributed by atoms with Gasteiger partial charge in [-0.1, -0.05) is 29.8 Å². The van der Waals surface area contributed by atoms with E-state index in [1.165, 1.54) is 0 Å². The minimum Gasteiger partial charge on any atom is -0.379 e. The van der Waals surface area contributed by atoms with Crippen molar-refractivity contribution in [3.8, 4) is 10.6 Å². The molecule has 0 saturated carbocycles. The van der Waals surface area contributed by atoms with E-state index in [2.05, 4.69) is 15.3 Å². The number of rotatable bonds is 3. The zero-order valence-corrected chi connectivity index (χ0v) is 12.1. The molecule has 1 aromatic heterocycles. The van der Waals surface area contributed by atoms with Crippen molar-refractivity contribution in [3.63, 3.8) is 0 Å². The molecule has 3 rings (SSSR count). The van der Waals surface area contributed by atoms with Crippen LogP contribution in [0.4, 0.5) is 0 Å². The molecule has 0 N–H and O–H groups in total.